The van der Waals surface area contributed by atoms with E-state index in [-0.39, 0.29) is 23.9 Å². The highest BCUT2D eigenvalue weighted by atomic mass is 19.4. The van der Waals surface area contributed by atoms with Crippen LogP contribution in [0.5, 0.6) is 0 Å². The van der Waals surface area contributed by atoms with Crippen molar-refractivity contribution in [3.8, 4) is 11.4 Å². The predicted octanol–water partition coefficient (Wildman–Crippen LogP) is 3.10. The molecule has 0 aliphatic carbocycles. The van der Waals surface area contributed by atoms with Crippen molar-refractivity contribution >= 4 is 5.82 Å². The summed E-state index contributed by atoms with van der Waals surface area (Å²) in [6.07, 6.45) is -1.26. The number of hydrogen-bond acceptors (Lipinski definition) is 6. The third kappa shape index (κ3) is 5.17. The van der Waals surface area contributed by atoms with Gasteiger partial charge in [-0.25, -0.2) is 9.97 Å². The number of rotatable bonds is 5. The topological polar surface area (TPSA) is 54.4 Å². The maximum atomic E-state index is 13.3. The van der Waals surface area contributed by atoms with E-state index >= 15 is 0 Å². The average molecular weight is 395 g/mol. The number of halogens is 3. The Bertz CT molecular complexity index is 777. The summed E-state index contributed by atoms with van der Waals surface area (Å²) in [5.74, 6) is 0.274. The van der Waals surface area contributed by atoms with Gasteiger partial charge in [0.1, 0.15) is 5.82 Å². The van der Waals surface area contributed by atoms with Gasteiger partial charge >= 0.3 is 6.18 Å². The Hall–Kier alpha value is -2.26. The monoisotopic (exact) mass is 395 g/mol. The summed E-state index contributed by atoms with van der Waals surface area (Å²) in [6.45, 7) is 6.91. The van der Waals surface area contributed by atoms with Gasteiger partial charge in [-0.1, -0.05) is 0 Å². The molecule has 1 aliphatic heterocycles. The van der Waals surface area contributed by atoms with Gasteiger partial charge in [0.2, 0.25) is 0 Å². The zero-order chi connectivity index (χ0) is 20.3. The Morgan fingerprint density at radius 1 is 1.14 bits per heavy atom. The van der Waals surface area contributed by atoms with Crippen molar-refractivity contribution in [2.45, 2.75) is 32.2 Å². The molecule has 0 saturated carbocycles. The molecular weight excluding hydrogens is 371 g/mol. The first kappa shape index (κ1) is 20.5. The first-order valence-electron chi connectivity index (χ1n) is 9.18. The Morgan fingerprint density at radius 2 is 1.79 bits per heavy atom. The highest BCUT2D eigenvalue weighted by Gasteiger charge is 2.34. The zero-order valence-corrected chi connectivity index (χ0v) is 16.1. The SMILES string of the molecule is C[C@@H]1CN(CCN(C)c2cc(C(F)(F)F)nc(-c3ccncc3)n2)C[C@H](C)O1. The highest BCUT2D eigenvalue weighted by Crippen LogP contribution is 2.31. The number of pyridine rings is 1. The van der Waals surface area contributed by atoms with Crippen LogP contribution in [0.3, 0.4) is 0 Å². The second kappa shape index (κ2) is 8.40. The number of nitrogens with zero attached hydrogens (tertiary/aromatic N) is 5. The maximum absolute atomic E-state index is 13.3. The Balaban J connectivity index is 1.79. The van der Waals surface area contributed by atoms with Crippen molar-refractivity contribution in [3.05, 3.63) is 36.3 Å². The van der Waals surface area contributed by atoms with E-state index in [2.05, 4.69) is 19.9 Å². The molecule has 0 N–H and O–H groups in total. The second-order valence-electron chi connectivity index (χ2n) is 7.11. The molecule has 3 heterocycles. The number of hydrogen-bond donors (Lipinski definition) is 0. The summed E-state index contributed by atoms with van der Waals surface area (Å²) in [7, 11) is 1.74. The average Bonchev–Trinajstić information content (AvgIpc) is 2.65. The van der Waals surface area contributed by atoms with Crippen LogP contribution >= 0.6 is 0 Å². The van der Waals surface area contributed by atoms with Gasteiger partial charge in [0.05, 0.1) is 12.2 Å². The van der Waals surface area contributed by atoms with Crippen molar-refractivity contribution < 1.29 is 17.9 Å². The summed E-state index contributed by atoms with van der Waals surface area (Å²) in [6, 6.07) is 4.18. The number of likely N-dealkylation sites (N-methyl/N-ethyl adjacent to an activating group) is 1. The molecule has 0 bridgehead atoms. The number of aromatic nitrogens is 3. The van der Waals surface area contributed by atoms with E-state index in [0.29, 0.717) is 18.7 Å². The van der Waals surface area contributed by atoms with Crippen molar-refractivity contribution in [3.63, 3.8) is 0 Å². The molecule has 3 rings (SSSR count). The predicted molar refractivity (Wildman–Crippen MR) is 100.0 cm³/mol. The second-order valence-corrected chi connectivity index (χ2v) is 7.11. The number of morpholine rings is 1. The van der Waals surface area contributed by atoms with Gasteiger partial charge in [0, 0.05) is 57.3 Å². The minimum absolute atomic E-state index is 0.0349. The van der Waals surface area contributed by atoms with E-state index in [1.54, 1.807) is 24.1 Å². The molecule has 0 radical (unpaired) electrons. The van der Waals surface area contributed by atoms with Crippen molar-refractivity contribution in [2.75, 3.05) is 38.1 Å². The lowest BCUT2D eigenvalue weighted by molar-refractivity contribution is -0.141. The standard InChI is InChI=1S/C19H24F3N5O/c1-13-11-27(12-14(2)28-13)9-8-26(3)17-10-16(19(20,21)22)24-18(25-17)15-4-6-23-7-5-15/h4-7,10,13-14H,8-9,11-12H2,1-3H3/t13-,14+. The van der Waals surface area contributed by atoms with Gasteiger partial charge in [-0.15, -0.1) is 0 Å². The molecule has 28 heavy (non-hydrogen) atoms. The molecule has 9 heteroatoms. The minimum Gasteiger partial charge on any atom is -0.373 e. The Kier molecular flexibility index (Phi) is 6.14. The fourth-order valence-electron chi connectivity index (χ4n) is 3.28. The van der Waals surface area contributed by atoms with Gasteiger partial charge < -0.3 is 9.64 Å². The number of anilines is 1. The molecule has 1 aliphatic rings. The lowest BCUT2D eigenvalue weighted by Crippen LogP contribution is -2.47. The zero-order valence-electron chi connectivity index (χ0n) is 16.1. The molecule has 0 aromatic carbocycles. The van der Waals surface area contributed by atoms with Crippen molar-refractivity contribution in [1.29, 1.82) is 0 Å². The molecule has 0 spiro atoms. The van der Waals surface area contributed by atoms with Crippen molar-refractivity contribution in [2.24, 2.45) is 0 Å². The first-order valence-corrected chi connectivity index (χ1v) is 9.18. The van der Waals surface area contributed by atoms with Crippen LogP contribution in [0.15, 0.2) is 30.6 Å². The van der Waals surface area contributed by atoms with Crippen LogP contribution in [-0.4, -0.2) is 65.3 Å². The molecule has 2 aromatic heterocycles. The third-order valence-electron chi connectivity index (χ3n) is 4.58. The molecule has 0 unspecified atom stereocenters. The molecule has 2 atom stereocenters. The van der Waals surface area contributed by atoms with Crippen LogP contribution < -0.4 is 4.90 Å². The van der Waals surface area contributed by atoms with E-state index in [9.17, 15) is 13.2 Å². The van der Waals surface area contributed by atoms with Gasteiger partial charge in [0.15, 0.2) is 11.5 Å². The summed E-state index contributed by atoms with van der Waals surface area (Å²) in [5.41, 5.74) is -0.462. The smallest absolute Gasteiger partial charge is 0.373 e. The largest absolute Gasteiger partial charge is 0.433 e. The van der Waals surface area contributed by atoms with Gasteiger partial charge in [-0.2, -0.15) is 13.2 Å². The van der Waals surface area contributed by atoms with Crippen LogP contribution in [0.2, 0.25) is 0 Å². The number of ether oxygens (including phenoxy) is 1. The van der Waals surface area contributed by atoms with E-state index in [1.165, 1.54) is 12.4 Å². The van der Waals surface area contributed by atoms with Gasteiger partial charge in [-0.05, 0) is 26.0 Å². The summed E-state index contributed by atoms with van der Waals surface area (Å²) < 4.78 is 45.8. The molecule has 1 saturated heterocycles. The molecule has 1 fully saturated rings. The normalized spacial score (nSPS) is 20.9. The fraction of sp³-hybridized carbons (Fsp3) is 0.526. The van der Waals surface area contributed by atoms with Crippen molar-refractivity contribution in [1.82, 2.24) is 19.9 Å². The van der Waals surface area contributed by atoms with Crippen LogP contribution in [0.1, 0.15) is 19.5 Å². The first-order chi connectivity index (χ1) is 13.2. The van der Waals surface area contributed by atoms with Gasteiger partial charge in [0.25, 0.3) is 0 Å². The maximum Gasteiger partial charge on any atom is 0.433 e. The third-order valence-corrected chi connectivity index (χ3v) is 4.58. The Morgan fingerprint density at radius 3 is 2.39 bits per heavy atom. The summed E-state index contributed by atoms with van der Waals surface area (Å²) >= 11 is 0. The van der Waals surface area contributed by atoms with E-state index in [1.807, 2.05) is 13.8 Å². The lowest BCUT2D eigenvalue weighted by atomic mass is 10.2. The van der Waals surface area contributed by atoms with E-state index in [0.717, 1.165) is 19.2 Å². The highest BCUT2D eigenvalue weighted by molar-refractivity contribution is 5.57. The van der Waals surface area contributed by atoms with Crippen LogP contribution in [0.4, 0.5) is 19.0 Å². The Labute approximate surface area is 162 Å². The lowest BCUT2D eigenvalue weighted by Gasteiger charge is -2.36. The fourth-order valence-corrected chi connectivity index (χ4v) is 3.28. The number of alkyl halides is 3. The quantitative estimate of drug-likeness (QED) is 0.776. The molecule has 152 valence electrons. The van der Waals surface area contributed by atoms with E-state index < -0.39 is 11.9 Å². The minimum atomic E-state index is -4.55. The summed E-state index contributed by atoms with van der Waals surface area (Å²) in [5, 5.41) is 0. The van der Waals surface area contributed by atoms with Gasteiger partial charge in [-0.3, -0.25) is 9.88 Å². The molecule has 0 amide bonds. The molecular formula is C19H24F3N5O. The molecule has 2 aromatic rings. The van der Waals surface area contributed by atoms with E-state index in [4.69, 9.17) is 4.74 Å². The van der Waals surface area contributed by atoms with Crippen LogP contribution in [-0.2, 0) is 10.9 Å². The molecule has 6 nitrogen and oxygen atoms in total. The van der Waals surface area contributed by atoms with Crippen LogP contribution in [0.25, 0.3) is 11.4 Å². The summed E-state index contributed by atoms with van der Waals surface area (Å²) in [4.78, 5) is 15.9. The van der Waals surface area contributed by atoms with Crippen LogP contribution in [0, 0.1) is 0 Å².